The van der Waals surface area contributed by atoms with Gasteiger partial charge in [0.1, 0.15) is 0 Å². The molecule has 4 aromatic rings. The smallest absolute Gasteiger partial charge is 0.224 e. The first kappa shape index (κ1) is 22.1. The van der Waals surface area contributed by atoms with E-state index in [1.165, 1.54) is 10.9 Å². The molecule has 2 N–H and O–H groups in total. The molecule has 0 aliphatic rings. The number of aromatic nitrogens is 1. The van der Waals surface area contributed by atoms with Gasteiger partial charge >= 0.3 is 0 Å². The number of nitrogens with one attached hydrogen (secondary N) is 2. The minimum absolute atomic E-state index is 0.117. The lowest BCUT2D eigenvalue weighted by molar-refractivity contribution is -0.118. The van der Waals surface area contributed by atoms with Crippen LogP contribution >= 0.6 is 0 Å². The Morgan fingerprint density at radius 1 is 0.879 bits per heavy atom. The maximum absolute atomic E-state index is 12.6. The first-order valence-electron chi connectivity index (χ1n) is 11.1. The van der Waals surface area contributed by atoms with Gasteiger partial charge in [-0.2, -0.15) is 5.26 Å². The number of carbonyl (C=O) groups is 2. The number of hydrogen-bond acceptors (Lipinski definition) is 3. The number of benzene rings is 3. The second-order valence-electron chi connectivity index (χ2n) is 8.29. The van der Waals surface area contributed by atoms with Crippen LogP contribution in [0.1, 0.15) is 32.3 Å². The van der Waals surface area contributed by atoms with Crippen molar-refractivity contribution in [2.24, 2.45) is 5.92 Å². The summed E-state index contributed by atoms with van der Waals surface area (Å²) in [6, 6.07) is 23.0. The molecule has 33 heavy (non-hydrogen) atoms. The van der Waals surface area contributed by atoms with E-state index in [4.69, 9.17) is 5.26 Å². The molecule has 0 aliphatic carbocycles. The van der Waals surface area contributed by atoms with Crippen molar-refractivity contribution in [3.63, 3.8) is 0 Å². The third-order valence-corrected chi connectivity index (χ3v) is 5.74. The Kier molecular flexibility index (Phi) is 6.41. The fraction of sp³-hybridized carbons (Fsp3) is 0.222. The van der Waals surface area contributed by atoms with Crippen molar-refractivity contribution in [2.75, 3.05) is 10.6 Å². The van der Waals surface area contributed by atoms with Gasteiger partial charge in [-0.3, -0.25) is 9.59 Å². The minimum Gasteiger partial charge on any atom is -0.341 e. The van der Waals surface area contributed by atoms with Crippen molar-refractivity contribution in [1.82, 2.24) is 4.57 Å². The third kappa shape index (κ3) is 4.88. The standard InChI is InChI=1S/C27H26N4O2/c1-3-31-24-7-5-4-6-22(24)23-16-21(12-13-25(23)31)30-27(33)15-18(2)14-26(32)29-20-10-8-19(17-28)9-11-20/h4-13,16,18H,3,14-15H2,1-2H3,(H,29,32)(H,30,33)/t18-/m0/s1. The van der Waals surface area contributed by atoms with Crippen LogP contribution in [0, 0.1) is 17.2 Å². The fourth-order valence-electron chi connectivity index (χ4n) is 4.23. The van der Waals surface area contributed by atoms with Gasteiger partial charge in [-0.05, 0) is 61.4 Å². The number of amides is 2. The molecule has 0 spiro atoms. The number of fused-ring (bicyclic) bond motifs is 3. The van der Waals surface area contributed by atoms with E-state index in [0.717, 1.165) is 23.1 Å². The molecule has 0 unspecified atom stereocenters. The predicted molar refractivity (Wildman–Crippen MR) is 132 cm³/mol. The van der Waals surface area contributed by atoms with Gasteiger partial charge in [-0.1, -0.05) is 25.1 Å². The van der Waals surface area contributed by atoms with Gasteiger partial charge < -0.3 is 15.2 Å². The number of nitrogens with zero attached hydrogens (tertiary/aromatic N) is 2. The molecule has 6 nitrogen and oxygen atoms in total. The Morgan fingerprint density at radius 3 is 2.15 bits per heavy atom. The number of anilines is 2. The molecule has 0 radical (unpaired) electrons. The molecular weight excluding hydrogens is 412 g/mol. The summed E-state index contributed by atoms with van der Waals surface area (Å²) >= 11 is 0. The number of rotatable bonds is 7. The largest absolute Gasteiger partial charge is 0.341 e. The first-order valence-corrected chi connectivity index (χ1v) is 11.1. The molecule has 1 aromatic heterocycles. The van der Waals surface area contributed by atoms with Gasteiger partial charge in [-0.15, -0.1) is 0 Å². The SMILES string of the molecule is CCn1c2ccccc2c2cc(NC(=O)C[C@@H](C)CC(=O)Nc3ccc(C#N)cc3)ccc21. The molecule has 4 rings (SSSR count). The average Bonchev–Trinajstić information content (AvgIpc) is 3.12. The van der Waals surface area contributed by atoms with Crippen molar-refractivity contribution >= 4 is 45.0 Å². The van der Waals surface area contributed by atoms with Crippen molar-refractivity contribution in [3.05, 3.63) is 72.3 Å². The highest BCUT2D eigenvalue weighted by molar-refractivity contribution is 6.09. The Bertz CT molecular complexity index is 1360. The van der Waals surface area contributed by atoms with Crippen molar-refractivity contribution in [3.8, 4) is 6.07 Å². The van der Waals surface area contributed by atoms with E-state index in [0.29, 0.717) is 11.3 Å². The molecule has 0 fully saturated rings. The molecule has 0 saturated heterocycles. The van der Waals surface area contributed by atoms with Gasteiger partial charge in [0.15, 0.2) is 0 Å². The summed E-state index contributed by atoms with van der Waals surface area (Å²) < 4.78 is 2.27. The fourth-order valence-corrected chi connectivity index (χ4v) is 4.23. The maximum Gasteiger partial charge on any atom is 0.224 e. The molecule has 2 amide bonds. The minimum atomic E-state index is -0.159. The Hall–Kier alpha value is -4.11. The van der Waals surface area contributed by atoms with Gasteiger partial charge in [0.2, 0.25) is 11.8 Å². The monoisotopic (exact) mass is 438 g/mol. The highest BCUT2D eigenvalue weighted by atomic mass is 16.2. The first-order chi connectivity index (χ1) is 16.0. The molecular formula is C27H26N4O2. The third-order valence-electron chi connectivity index (χ3n) is 5.74. The Labute approximate surface area is 192 Å². The number of aryl methyl sites for hydroxylation is 1. The van der Waals surface area contributed by atoms with E-state index >= 15 is 0 Å². The number of para-hydroxylation sites is 1. The summed E-state index contributed by atoms with van der Waals surface area (Å²) in [5, 5.41) is 16.9. The average molecular weight is 439 g/mol. The Morgan fingerprint density at radius 2 is 1.48 bits per heavy atom. The summed E-state index contributed by atoms with van der Waals surface area (Å²) in [7, 11) is 0. The van der Waals surface area contributed by atoms with Crippen LogP contribution in [-0.4, -0.2) is 16.4 Å². The summed E-state index contributed by atoms with van der Waals surface area (Å²) in [5.74, 6) is -0.393. The van der Waals surface area contributed by atoms with Crippen LogP contribution in [0.3, 0.4) is 0 Å². The van der Waals surface area contributed by atoms with Crippen LogP contribution in [0.5, 0.6) is 0 Å². The molecule has 0 saturated carbocycles. The maximum atomic E-state index is 12.6. The zero-order chi connectivity index (χ0) is 23.4. The molecule has 0 aliphatic heterocycles. The summed E-state index contributed by atoms with van der Waals surface area (Å²) in [5.41, 5.74) is 4.25. The van der Waals surface area contributed by atoms with E-state index in [2.05, 4.69) is 34.3 Å². The van der Waals surface area contributed by atoms with Crippen LogP contribution in [0.2, 0.25) is 0 Å². The van der Waals surface area contributed by atoms with Gasteiger partial charge in [0, 0.05) is 52.6 Å². The molecule has 0 bridgehead atoms. The topological polar surface area (TPSA) is 86.9 Å². The summed E-state index contributed by atoms with van der Waals surface area (Å²) in [4.78, 5) is 24.9. The van der Waals surface area contributed by atoms with Crippen molar-refractivity contribution in [2.45, 2.75) is 33.2 Å². The van der Waals surface area contributed by atoms with Gasteiger partial charge in [0.05, 0.1) is 11.6 Å². The zero-order valence-corrected chi connectivity index (χ0v) is 18.8. The normalized spacial score (nSPS) is 11.8. The lowest BCUT2D eigenvalue weighted by atomic mass is 10.0. The number of carbonyl (C=O) groups excluding carboxylic acids is 2. The van der Waals surface area contributed by atoms with Gasteiger partial charge in [-0.25, -0.2) is 0 Å². The second-order valence-corrected chi connectivity index (χ2v) is 8.29. The molecule has 166 valence electrons. The lowest BCUT2D eigenvalue weighted by Crippen LogP contribution is -2.20. The zero-order valence-electron chi connectivity index (χ0n) is 18.8. The van der Waals surface area contributed by atoms with E-state index in [9.17, 15) is 9.59 Å². The summed E-state index contributed by atoms with van der Waals surface area (Å²) in [6.45, 7) is 4.88. The quantitative estimate of drug-likeness (QED) is 0.389. The van der Waals surface area contributed by atoms with E-state index in [1.54, 1.807) is 24.3 Å². The van der Waals surface area contributed by atoms with Crippen LogP contribution in [0.4, 0.5) is 11.4 Å². The number of nitriles is 1. The van der Waals surface area contributed by atoms with Crippen LogP contribution in [-0.2, 0) is 16.1 Å². The van der Waals surface area contributed by atoms with Crippen LogP contribution in [0.25, 0.3) is 21.8 Å². The predicted octanol–water partition coefficient (Wildman–Crippen LogP) is 5.68. The van der Waals surface area contributed by atoms with E-state index < -0.39 is 0 Å². The molecule has 6 heteroatoms. The van der Waals surface area contributed by atoms with Crippen LogP contribution < -0.4 is 10.6 Å². The number of hydrogen-bond donors (Lipinski definition) is 2. The molecule has 3 aromatic carbocycles. The summed E-state index contributed by atoms with van der Waals surface area (Å²) in [6.07, 6.45) is 0.478. The molecule has 1 atom stereocenters. The lowest BCUT2D eigenvalue weighted by Gasteiger charge is -2.12. The van der Waals surface area contributed by atoms with Crippen LogP contribution in [0.15, 0.2) is 66.7 Å². The van der Waals surface area contributed by atoms with Crippen molar-refractivity contribution in [1.29, 1.82) is 5.26 Å². The van der Waals surface area contributed by atoms with E-state index in [1.807, 2.05) is 43.3 Å². The highest BCUT2D eigenvalue weighted by Crippen LogP contribution is 2.31. The molecule has 1 heterocycles. The van der Waals surface area contributed by atoms with Crippen molar-refractivity contribution < 1.29 is 9.59 Å². The second kappa shape index (κ2) is 9.58. The van der Waals surface area contributed by atoms with E-state index in [-0.39, 0.29) is 30.6 Å². The highest BCUT2D eigenvalue weighted by Gasteiger charge is 2.15. The van der Waals surface area contributed by atoms with Gasteiger partial charge in [0.25, 0.3) is 0 Å². The Balaban J connectivity index is 1.38.